The Morgan fingerprint density at radius 2 is 2.38 bits per heavy atom. The van der Waals surface area contributed by atoms with Gasteiger partial charge in [-0.1, -0.05) is 6.92 Å². The Kier molecular flexibility index (Phi) is 5.30. The van der Waals surface area contributed by atoms with E-state index in [9.17, 15) is 4.79 Å². The first-order valence-electron chi connectivity index (χ1n) is 5.74. The molecular formula is C12H20N2O2. The average molecular weight is 224 g/mol. The molecule has 90 valence electrons. The van der Waals surface area contributed by atoms with Crippen molar-refractivity contribution < 1.29 is 9.53 Å². The van der Waals surface area contributed by atoms with Crippen molar-refractivity contribution in [2.45, 2.75) is 32.4 Å². The van der Waals surface area contributed by atoms with E-state index >= 15 is 0 Å². The standard InChI is InChI=1S/C12H20N2O2/c1-4-6-9(3)14-12(15)10-7-16-8-11(10)13-5-2/h1,9-11,13H,5-8H2,2-3H3,(H,14,15). The van der Waals surface area contributed by atoms with Crippen LogP contribution < -0.4 is 10.6 Å². The Hall–Kier alpha value is -1.05. The second-order valence-electron chi connectivity index (χ2n) is 4.13. The van der Waals surface area contributed by atoms with Crippen LogP contribution in [0.15, 0.2) is 0 Å². The molecule has 0 bridgehead atoms. The zero-order valence-electron chi connectivity index (χ0n) is 9.95. The van der Waals surface area contributed by atoms with Gasteiger partial charge in [-0.25, -0.2) is 0 Å². The van der Waals surface area contributed by atoms with Gasteiger partial charge in [-0.15, -0.1) is 12.3 Å². The SMILES string of the molecule is C#CCC(C)NC(=O)C1COCC1NCC. The van der Waals surface area contributed by atoms with Crippen molar-refractivity contribution in [3.63, 3.8) is 0 Å². The maximum atomic E-state index is 11.9. The number of terminal acetylenes is 1. The molecule has 1 aliphatic heterocycles. The van der Waals surface area contributed by atoms with Gasteiger partial charge in [-0.05, 0) is 13.5 Å². The van der Waals surface area contributed by atoms with Crippen LogP contribution >= 0.6 is 0 Å². The summed E-state index contributed by atoms with van der Waals surface area (Å²) < 4.78 is 5.32. The molecule has 3 unspecified atom stereocenters. The van der Waals surface area contributed by atoms with E-state index in [4.69, 9.17) is 11.2 Å². The van der Waals surface area contributed by atoms with Gasteiger partial charge in [0, 0.05) is 18.5 Å². The zero-order valence-corrected chi connectivity index (χ0v) is 9.95. The molecule has 0 aliphatic carbocycles. The third-order valence-corrected chi connectivity index (χ3v) is 2.70. The van der Waals surface area contributed by atoms with Gasteiger partial charge in [0.1, 0.15) is 0 Å². The van der Waals surface area contributed by atoms with Gasteiger partial charge in [0.15, 0.2) is 0 Å². The third-order valence-electron chi connectivity index (χ3n) is 2.70. The first-order valence-corrected chi connectivity index (χ1v) is 5.74. The Morgan fingerprint density at radius 3 is 3.00 bits per heavy atom. The molecule has 4 heteroatoms. The second-order valence-corrected chi connectivity index (χ2v) is 4.13. The predicted octanol–water partition coefficient (Wildman–Crippen LogP) is 0.139. The van der Waals surface area contributed by atoms with Gasteiger partial charge in [-0.3, -0.25) is 4.79 Å². The molecule has 1 aliphatic rings. The number of ether oxygens (including phenoxy) is 1. The highest BCUT2D eigenvalue weighted by molar-refractivity contribution is 5.80. The van der Waals surface area contributed by atoms with Crippen LogP contribution in [0, 0.1) is 18.3 Å². The summed E-state index contributed by atoms with van der Waals surface area (Å²) >= 11 is 0. The quantitative estimate of drug-likeness (QED) is 0.653. The van der Waals surface area contributed by atoms with Crippen molar-refractivity contribution in [2.24, 2.45) is 5.92 Å². The molecule has 0 spiro atoms. The van der Waals surface area contributed by atoms with E-state index in [2.05, 4.69) is 16.6 Å². The van der Waals surface area contributed by atoms with Crippen LogP contribution in [-0.2, 0) is 9.53 Å². The molecule has 4 nitrogen and oxygen atoms in total. The van der Waals surface area contributed by atoms with Crippen LogP contribution in [0.1, 0.15) is 20.3 Å². The summed E-state index contributed by atoms with van der Waals surface area (Å²) in [4.78, 5) is 11.9. The molecule has 1 fully saturated rings. The van der Waals surface area contributed by atoms with Gasteiger partial charge >= 0.3 is 0 Å². The minimum absolute atomic E-state index is 0.0281. The number of rotatable bonds is 5. The molecule has 1 rings (SSSR count). The number of amides is 1. The first-order chi connectivity index (χ1) is 7.69. The number of carbonyl (C=O) groups excluding carboxylic acids is 1. The molecule has 0 saturated carbocycles. The summed E-state index contributed by atoms with van der Waals surface area (Å²) in [6.07, 6.45) is 5.76. The van der Waals surface area contributed by atoms with Crippen LogP contribution in [0.5, 0.6) is 0 Å². The van der Waals surface area contributed by atoms with E-state index in [1.165, 1.54) is 0 Å². The predicted molar refractivity (Wildman–Crippen MR) is 62.8 cm³/mol. The molecule has 0 aromatic heterocycles. The molecule has 1 saturated heterocycles. The highest BCUT2D eigenvalue weighted by Crippen LogP contribution is 2.14. The van der Waals surface area contributed by atoms with Gasteiger partial charge in [0.25, 0.3) is 0 Å². The number of hydrogen-bond acceptors (Lipinski definition) is 3. The third kappa shape index (κ3) is 3.51. The highest BCUT2D eigenvalue weighted by atomic mass is 16.5. The molecular weight excluding hydrogens is 204 g/mol. The fourth-order valence-corrected chi connectivity index (χ4v) is 1.85. The largest absolute Gasteiger partial charge is 0.379 e. The number of nitrogens with one attached hydrogen (secondary N) is 2. The fourth-order valence-electron chi connectivity index (χ4n) is 1.85. The molecule has 1 heterocycles. The van der Waals surface area contributed by atoms with E-state index in [1.807, 2.05) is 13.8 Å². The van der Waals surface area contributed by atoms with Crippen molar-refractivity contribution in [3.8, 4) is 12.3 Å². The minimum atomic E-state index is -0.0971. The first kappa shape index (κ1) is 13.0. The van der Waals surface area contributed by atoms with Crippen LogP contribution in [0.2, 0.25) is 0 Å². The Labute approximate surface area is 97.1 Å². The maximum Gasteiger partial charge on any atom is 0.227 e. The van der Waals surface area contributed by atoms with Crippen molar-refractivity contribution >= 4 is 5.91 Å². The average Bonchev–Trinajstić information content (AvgIpc) is 2.66. The molecule has 1 amide bonds. The normalized spacial score (nSPS) is 26.1. The lowest BCUT2D eigenvalue weighted by Gasteiger charge is -2.19. The highest BCUT2D eigenvalue weighted by Gasteiger charge is 2.33. The van der Waals surface area contributed by atoms with Gasteiger partial charge in [-0.2, -0.15) is 0 Å². The molecule has 0 aromatic carbocycles. The Morgan fingerprint density at radius 1 is 1.62 bits per heavy atom. The van der Waals surface area contributed by atoms with Crippen molar-refractivity contribution in [3.05, 3.63) is 0 Å². The number of likely N-dealkylation sites (N-methyl/N-ethyl adjacent to an activating group) is 1. The zero-order chi connectivity index (χ0) is 12.0. The Bertz CT molecular complexity index is 273. The lowest BCUT2D eigenvalue weighted by atomic mass is 10.0. The molecule has 0 aromatic rings. The maximum absolute atomic E-state index is 11.9. The van der Waals surface area contributed by atoms with Crippen molar-refractivity contribution in [1.29, 1.82) is 0 Å². The Balaban J connectivity index is 2.43. The lowest BCUT2D eigenvalue weighted by molar-refractivity contribution is -0.126. The van der Waals surface area contributed by atoms with Crippen LogP contribution in [0.4, 0.5) is 0 Å². The van der Waals surface area contributed by atoms with Crippen molar-refractivity contribution in [2.75, 3.05) is 19.8 Å². The molecule has 2 N–H and O–H groups in total. The summed E-state index contributed by atoms with van der Waals surface area (Å²) in [6.45, 7) is 5.88. The van der Waals surface area contributed by atoms with Gasteiger partial charge < -0.3 is 15.4 Å². The van der Waals surface area contributed by atoms with E-state index < -0.39 is 0 Å². The summed E-state index contributed by atoms with van der Waals surface area (Å²) in [6, 6.07) is 0.156. The van der Waals surface area contributed by atoms with Gasteiger partial charge in [0.2, 0.25) is 5.91 Å². The smallest absolute Gasteiger partial charge is 0.227 e. The summed E-state index contributed by atoms with van der Waals surface area (Å²) in [5.41, 5.74) is 0. The van der Waals surface area contributed by atoms with E-state index in [0.29, 0.717) is 19.6 Å². The van der Waals surface area contributed by atoms with Crippen LogP contribution in [0.3, 0.4) is 0 Å². The number of carbonyl (C=O) groups is 1. The lowest BCUT2D eigenvalue weighted by Crippen LogP contribution is -2.46. The second kappa shape index (κ2) is 6.51. The fraction of sp³-hybridized carbons (Fsp3) is 0.750. The van der Waals surface area contributed by atoms with E-state index in [0.717, 1.165) is 6.54 Å². The molecule has 3 atom stereocenters. The van der Waals surface area contributed by atoms with Gasteiger partial charge in [0.05, 0.1) is 19.1 Å². The van der Waals surface area contributed by atoms with Crippen molar-refractivity contribution in [1.82, 2.24) is 10.6 Å². The van der Waals surface area contributed by atoms with Crippen LogP contribution in [-0.4, -0.2) is 37.7 Å². The summed E-state index contributed by atoms with van der Waals surface area (Å²) in [5, 5.41) is 6.16. The summed E-state index contributed by atoms with van der Waals surface area (Å²) in [5.74, 6) is 2.47. The molecule has 16 heavy (non-hydrogen) atoms. The van der Waals surface area contributed by atoms with E-state index in [1.54, 1.807) is 0 Å². The number of hydrogen-bond donors (Lipinski definition) is 2. The van der Waals surface area contributed by atoms with Crippen LogP contribution in [0.25, 0.3) is 0 Å². The van der Waals surface area contributed by atoms with E-state index in [-0.39, 0.29) is 23.9 Å². The topological polar surface area (TPSA) is 50.4 Å². The molecule has 0 radical (unpaired) electrons. The monoisotopic (exact) mass is 224 g/mol. The summed E-state index contributed by atoms with van der Waals surface area (Å²) in [7, 11) is 0. The minimum Gasteiger partial charge on any atom is -0.379 e.